The van der Waals surface area contributed by atoms with Crippen LogP contribution in [0.2, 0.25) is 0 Å². The van der Waals surface area contributed by atoms with Crippen LogP contribution in [-0.4, -0.2) is 25.0 Å². The Hall–Kier alpha value is -0.240. The summed E-state index contributed by atoms with van der Waals surface area (Å²) in [6, 6.07) is 0. The van der Waals surface area contributed by atoms with Gasteiger partial charge in [-0.05, 0) is 25.7 Å². The monoisotopic (exact) mass is 145 g/mol. The molecule has 1 nitrogen and oxygen atoms in total. The van der Waals surface area contributed by atoms with Crippen molar-refractivity contribution in [3.63, 3.8) is 0 Å². The molecule has 0 aromatic rings. The molecule has 0 radical (unpaired) electrons. The van der Waals surface area contributed by atoms with E-state index in [0.29, 0.717) is 0 Å². The fourth-order valence-electron chi connectivity index (χ4n) is 0.614. The van der Waals surface area contributed by atoms with Crippen molar-refractivity contribution >= 4 is 16.2 Å². The molecule has 0 fully saturated rings. The molecular formula is C7H15NS. The van der Waals surface area contributed by atoms with Crippen LogP contribution in [0.4, 0.5) is 0 Å². The van der Waals surface area contributed by atoms with Gasteiger partial charge in [0.25, 0.3) is 0 Å². The Kier molecular flexibility index (Phi) is 2.98. The number of hydrogen-bond donors (Lipinski definition) is 1. The number of rotatable bonds is 2. The maximum Gasteiger partial charge on any atom is 0.0295 e. The van der Waals surface area contributed by atoms with Crippen LogP contribution in [0.15, 0.2) is 11.0 Å². The zero-order valence-corrected chi connectivity index (χ0v) is 7.38. The smallest absolute Gasteiger partial charge is 0.0295 e. The van der Waals surface area contributed by atoms with Crippen LogP contribution in [0.3, 0.4) is 0 Å². The fourth-order valence-corrected chi connectivity index (χ4v) is 1.67. The molecule has 0 spiro atoms. The van der Waals surface area contributed by atoms with E-state index in [2.05, 4.69) is 18.8 Å². The molecule has 1 N–H and O–H groups in total. The molecule has 54 valence electrons. The molecule has 0 bridgehead atoms. The molecule has 0 aliphatic carbocycles. The van der Waals surface area contributed by atoms with Gasteiger partial charge in [0.1, 0.15) is 0 Å². The van der Waals surface area contributed by atoms with Gasteiger partial charge in [-0.2, -0.15) is 0 Å². The van der Waals surface area contributed by atoms with Gasteiger partial charge in [0.15, 0.2) is 0 Å². The van der Waals surface area contributed by atoms with E-state index in [9.17, 15) is 0 Å². The van der Waals surface area contributed by atoms with Crippen LogP contribution < -0.4 is 0 Å². The van der Waals surface area contributed by atoms with Crippen LogP contribution in [0.5, 0.6) is 0 Å². The molecule has 0 unspecified atom stereocenters. The summed E-state index contributed by atoms with van der Waals surface area (Å²) in [4.78, 5) is 1.17. The first-order valence-electron chi connectivity index (χ1n) is 2.87. The standard InChI is InChI=1S/C7H15NS/c1-5-7(6-8)9(2,3)4/h5-6,8H,1-4H3/b7-5+,8-6?. The number of allylic oxidation sites excluding steroid dienone is 2. The van der Waals surface area contributed by atoms with E-state index < -0.39 is 10.0 Å². The van der Waals surface area contributed by atoms with Gasteiger partial charge in [-0.3, -0.25) is 0 Å². The second-order valence-corrected chi connectivity index (χ2v) is 6.82. The van der Waals surface area contributed by atoms with Gasteiger partial charge in [0.05, 0.1) is 0 Å². The molecule has 0 aromatic carbocycles. The maximum absolute atomic E-state index is 7.04. The predicted molar refractivity (Wildman–Crippen MR) is 47.9 cm³/mol. The first kappa shape index (κ1) is 8.76. The van der Waals surface area contributed by atoms with E-state index in [1.54, 1.807) is 0 Å². The molecule has 9 heavy (non-hydrogen) atoms. The first-order chi connectivity index (χ1) is 4.02. The van der Waals surface area contributed by atoms with Crippen LogP contribution in [0.1, 0.15) is 6.92 Å². The van der Waals surface area contributed by atoms with Gasteiger partial charge in [-0.1, -0.05) is 6.08 Å². The summed E-state index contributed by atoms with van der Waals surface area (Å²) in [5.41, 5.74) is 0. The molecule has 0 saturated carbocycles. The number of nitrogens with one attached hydrogen (secondary N) is 1. The minimum atomic E-state index is -0.647. The lowest BCUT2D eigenvalue weighted by atomic mass is 10.6. The largest absolute Gasteiger partial charge is 0.308 e. The van der Waals surface area contributed by atoms with E-state index in [4.69, 9.17) is 5.41 Å². The summed E-state index contributed by atoms with van der Waals surface area (Å²) in [6.45, 7) is 1.98. The minimum Gasteiger partial charge on any atom is -0.308 e. The summed E-state index contributed by atoms with van der Waals surface area (Å²) in [6.07, 6.45) is 10.0. The van der Waals surface area contributed by atoms with Crippen molar-refractivity contribution in [1.82, 2.24) is 0 Å². The zero-order chi connectivity index (χ0) is 7.49. The molecule has 0 heterocycles. The highest BCUT2D eigenvalue weighted by molar-refractivity contribution is 8.35. The molecule has 0 saturated heterocycles. The lowest BCUT2D eigenvalue weighted by Crippen LogP contribution is -1.96. The molecule has 0 aromatic heterocycles. The van der Waals surface area contributed by atoms with Gasteiger partial charge in [0, 0.05) is 11.1 Å². The Morgan fingerprint density at radius 3 is 1.78 bits per heavy atom. The van der Waals surface area contributed by atoms with Crippen molar-refractivity contribution in [3.05, 3.63) is 11.0 Å². The van der Waals surface area contributed by atoms with Crippen molar-refractivity contribution in [1.29, 1.82) is 5.41 Å². The third-order valence-corrected chi connectivity index (χ3v) is 2.90. The first-order valence-corrected chi connectivity index (χ1v) is 5.73. The molecular weight excluding hydrogens is 130 g/mol. The molecule has 0 atom stereocenters. The lowest BCUT2D eigenvalue weighted by molar-refractivity contribution is 1.56. The van der Waals surface area contributed by atoms with E-state index in [0.717, 1.165) is 0 Å². The summed E-state index contributed by atoms with van der Waals surface area (Å²) in [7, 11) is -0.647. The molecule has 2 heteroatoms. The third kappa shape index (κ3) is 2.70. The van der Waals surface area contributed by atoms with Crippen molar-refractivity contribution < 1.29 is 0 Å². The average molecular weight is 145 g/mol. The van der Waals surface area contributed by atoms with Gasteiger partial charge in [-0.15, -0.1) is 0 Å². The Labute approximate surface area is 59.0 Å². The van der Waals surface area contributed by atoms with E-state index >= 15 is 0 Å². The average Bonchev–Trinajstić information content (AvgIpc) is 1.65. The Morgan fingerprint density at radius 2 is 1.78 bits per heavy atom. The zero-order valence-electron chi connectivity index (χ0n) is 6.56. The van der Waals surface area contributed by atoms with Crippen molar-refractivity contribution in [3.8, 4) is 0 Å². The lowest BCUT2D eigenvalue weighted by Gasteiger charge is -2.25. The van der Waals surface area contributed by atoms with E-state index in [1.807, 2.05) is 13.0 Å². The molecule has 0 rings (SSSR count). The number of hydrogen-bond acceptors (Lipinski definition) is 1. The summed E-state index contributed by atoms with van der Waals surface area (Å²) >= 11 is 0. The van der Waals surface area contributed by atoms with E-state index in [-0.39, 0.29) is 0 Å². The van der Waals surface area contributed by atoms with Gasteiger partial charge in [0.2, 0.25) is 0 Å². The fraction of sp³-hybridized carbons (Fsp3) is 0.571. The van der Waals surface area contributed by atoms with Crippen molar-refractivity contribution in [2.75, 3.05) is 18.8 Å². The van der Waals surface area contributed by atoms with E-state index in [1.165, 1.54) is 11.1 Å². The summed E-state index contributed by atoms with van der Waals surface area (Å²) in [5.74, 6) is 0. The predicted octanol–water partition coefficient (Wildman–Crippen LogP) is 2.23. The van der Waals surface area contributed by atoms with Crippen LogP contribution in [0.25, 0.3) is 0 Å². The third-order valence-electron chi connectivity index (χ3n) is 1.13. The van der Waals surface area contributed by atoms with Gasteiger partial charge < -0.3 is 5.41 Å². The topological polar surface area (TPSA) is 23.9 Å². The Balaban J connectivity index is 4.32. The van der Waals surface area contributed by atoms with Gasteiger partial charge >= 0.3 is 0 Å². The second-order valence-electron chi connectivity index (χ2n) is 2.67. The van der Waals surface area contributed by atoms with Crippen LogP contribution in [-0.2, 0) is 0 Å². The minimum absolute atomic E-state index is 0.647. The molecule has 0 aliphatic heterocycles. The summed E-state index contributed by atoms with van der Waals surface area (Å²) < 4.78 is 0. The highest BCUT2D eigenvalue weighted by Gasteiger charge is 2.06. The van der Waals surface area contributed by atoms with Gasteiger partial charge in [-0.25, -0.2) is 10.0 Å². The van der Waals surface area contributed by atoms with Crippen molar-refractivity contribution in [2.45, 2.75) is 6.92 Å². The normalized spacial score (nSPS) is 15.3. The second kappa shape index (κ2) is 3.06. The van der Waals surface area contributed by atoms with Crippen molar-refractivity contribution in [2.24, 2.45) is 0 Å². The highest BCUT2D eigenvalue weighted by atomic mass is 32.3. The Morgan fingerprint density at radius 1 is 1.33 bits per heavy atom. The SMILES string of the molecule is C/C=C(\C=N)S(C)(C)C. The Bertz CT molecular complexity index is 130. The quantitative estimate of drug-likeness (QED) is 0.576. The highest BCUT2D eigenvalue weighted by Crippen LogP contribution is 2.42. The summed E-state index contributed by atoms with van der Waals surface area (Å²) in [5, 5.41) is 7.04. The molecule has 0 amide bonds. The maximum atomic E-state index is 7.04. The van der Waals surface area contributed by atoms with Crippen LogP contribution >= 0.6 is 10.0 Å². The van der Waals surface area contributed by atoms with Crippen LogP contribution in [0, 0.1) is 5.41 Å². The molecule has 0 aliphatic rings.